The molecule has 0 aliphatic heterocycles. The van der Waals surface area contributed by atoms with Crippen molar-refractivity contribution in [2.45, 2.75) is 39.7 Å². The zero-order chi connectivity index (χ0) is 17.8. The molecule has 2 amide bonds. The monoisotopic (exact) mass is 397 g/mol. The van der Waals surface area contributed by atoms with E-state index in [1.54, 1.807) is 0 Å². The third-order valence-electron chi connectivity index (χ3n) is 3.83. The minimum Gasteiger partial charge on any atom is -0.356 e. The molecular weight excluding hydrogens is 370 g/mol. The third-order valence-corrected chi connectivity index (χ3v) is 4.32. The molecule has 0 heterocycles. The summed E-state index contributed by atoms with van der Waals surface area (Å²) in [6, 6.07) is 7.78. The molecular formula is C18H28BrN3O2. The Kier molecular flexibility index (Phi) is 10.4. The lowest BCUT2D eigenvalue weighted by Crippen LogP contribution is -2.31. The highest BCUT2D eigenvalue weighted by Crippen LogP contribution is 2.11. The van der Waals surface area contributed by atoms with Crippen molar-refractivity contribution >= 4 is 27.7 Å². The average Bonchev–Trinajstić information content (AvgIpc) is 2.58. The van der Waals surface area contributed by atoms with Gasteiger partial charge in [-0.15, -0.1) is 0 Å². The summed E-state index contributed by atoms with van der Waals surface area (Å²) in [7, 11) is 0. The molecule has 0 aliphatic rings. The molecule has 0 aromatic heterocycles. The first kappa shape index (κ1) is 20.6. The molecule has 6 heteroatoms. The number of halogens is 1. The van der Waals surface area contributed by atoms with Crippen LogP contribution in [0, 0.1) is 0 Å². The molecule has 0 bridgehead atoms. The molecule has 0 spiro atoms. The van der Waals surface area contributed by atoms with E-state index >= 15 is 0 Å². The van der Waals surface area contributed by atoms with E-state index in [2.05, 4.69) is 45.3 Å². The minimum absolute atomic E-state index is 0.0628. The second-order valence-electron chi connectivity index (χ2n) is 5.64. The lowest BCUT2D eigenvalue weighted by molar-refractivity contribution is -0.126. The summed E-state index contributed by atoms with van der Waals surface area (Å²) in [6.45, 7) is 8.45. The Morgan fingerprint density at radius 3 is 2.38 bits per heavy atom. The van der Waals surface area contributed by atoms with E-state index < -0.39 is 0 Å². The Morgan fingerprint density at radius 1 is 1.08 bits per heavy atom. The van der Waals surface area contributed by atoms with E-state index in [0.29, 0.717) is 13.1 Å². The van der Waals surface area contributed by atoms with Gasteiger partial charge in [0, 0.05) is 30.4 Å². The SMILES string of the molecule is CCN(CC)CCCNC(=O)CCC(=O)NCc1cccc(Br)c1. The fourth-order valence-electron chi connectivity index (χ4n) is 2.32. The van der Waals surface area contributed by atoms with Gasteiger partial charge in [0.1, 0.15) is 0 Å². The molecule has 0 saturated heterocycles. The summed E-state index contributed by atoms with van der Waals surface area (Å²) >= 11 is 3.40. The van der Waals surface area contributed by atoms with Gasteiger partial charge in [-0.1, -0.05) is 41.9 Å². The van der Waals surface area contributed by atoms with Gasteiger partial charge in [0.2, 0.25) is 11.8 Å². The van der Waals surface area contributed by atoms with Crippen LogP contribution in [-0.2, 0) is 16.1 Å². The molecule has 134 valence electrons. The maximum atomic E-state index is 11.8. The van der Waals surface area contributed by atoms with Crippen LogP contribution in [0.5, 0.6) is 0 Å². The number of hydrogen-bond acceptors (Lipinski definition) is 3. The average molecular weight is 398 g/mol. The van der Waals surface area contributed by atoms with Crippen LogP contribution < -0.4 is 10.6 Å². The van der Waals surface area contributed by atoms with Crippen LogP contribution in [-0.4, -0.2) is 42.9 Å². The molecule has 24 heavy (non-hydrogen) atoms. The lowest BCUT2D eigenvalue weighted by atomic mass is 10.2. The zero-order valence-corrected chi connectivity index (χ0v) is 16.2. The van der Waals surface area contributed by atoms with E-state index in [4.69, 9.17) is 0 Å². The Labute approximate surface area is 153 Å². The minimum atomic E-state index is -0.103. The lowest BCUT2D eigenvalue weighted by Gasteiger charge is -2.17. The highest BCUT2D eigenvalue weighted by molar-refractivity contribution is 9.10. The third kappa shape index (κ3) is 9.03. The number of amides is 2. The molecule has 1 aromatic rings. The van der Waals surface area contributed by atoms with Crippen LogP contribution >= 0.6 is 15.9 Å². The first-order valence-electron chi connectivity index (χ1n) is 8.55. The van der Waals surface area contributed by atoms with Crippen LogP contribution in [0.2, 0.25) is 0 Å². The zero-order valence-electron chi connectivity index (χ0n) is 14.6. The summed E-state index contributed by atoms with van der Waals surface area (Å²) in [5.41, 5.74) is 1.03. The van der Waals surface area contributed by atoms with Gasteiger partial charge in [-0.05, 0) is 43.8 Å². The summed E-state index contributed by atoms with van der Waals surface area (Å²) in [6.07, 6.45) is 1.38. The molecule has 0 aliphatic carbocycles. The number of carbonyl (C=O) groups excluding carboxylic acids is 2. The van der Waals surface area contributed by atoms with Crippen molar-refractivity contribution in [3.63, 3.8) is 0 Å². The van der Waals surface area contributed by atoms with Crippen LogP contribution in [0.3, 0.4) is 0 Å². The van der Waals surface area contributed by atoms with Gasteiger partial charge < -0.3 is 15.5 Å². The highest BCUT2D eigenvalue weighted by Gasteiger charge is 2.07. The molecule has 5 nitrogen and oxygen atoms in total. The quantitative estimate of drug-likeness (QED) is 0.564. The van der Waals surface area contributed by atoms with Gasteiger partial charge in [0.15, 0.2) is 0 Å². The highest BCUT2D eigenvalue weighted by atomic mass is 79.9. The molecule has 0 saturated carbocycles. The van der Waals surface area contributed by atoms with Crippen molar-refractivity contribution in [1.82, 2.24) is 15.5 Å². The largest absolute Gasteiger partial charge is 0.356 e. The van der Waals surface area contributed by atoms with Gasteiger partial charge >= 0.3 is 0 Å². The number of nitrogens with zero attached hydrogens (tertiary/aromatic N) is 1. The first-order chi connectivity index (χ1) is 11.5. The molecule has 0 fully saturated rings. The van der Waals surface area contributed by atoms with Crippen LogP contribution in [0.1, 0.15) is 38.7 Å². The number of benzene rings is 1. The summed E-state index contributed by atoms with van der Waals surface area (Å²) in [5, 5.41) is 5.70. The maximum Gasteiger partial charge on any atom is 0.220 e. The summed E-state index contributed by atoms with van der Waals surface area (Å²) < 4.78 is 0.985. The van der Waals surface area contributed by atoms with Gasteiger partial charge in [0.05, 0.1) is 0 Å². The van der Waals surface area contributed by atoms with Gasteiger partial charge in [-0.3, -0.25) is 9.59 Å². The molecule has 2 N–H and O–H groups in total. The van der Waals surface area contributed by atoms with Crippen molar-refractivity contribution in [2.24, 2.45) is 0 Å². The normalized spacial score (nSPS) is 10.7. The first-order valence-corrected chi connectivity index (χ1v) is 9.34. The Hall–Kier alpha value is -1.40. The fraction of sp³-hybridized carbons (Fsp3) is 0.556. The molecule has 1 aromatic carbocycles. The van der Waals surface area contributed by atoms with E-state index in [-0.39, 0.29) is 24.7 Å². The van der Waals surface area contributed by atoms with Crippen LogP contribution in [0.4, 0.5) is 0 Å². The van der Waals surface area contributed by atoms with Crippen LogP contribution in [0.15, 0.2) is 28.7 Å². The molecule has 0 radical (unpaired) electrons. The van der Waals surface area contributed by atoms with E-state index in [0.717, 1.165) is 36.1 Å². The Bertz CT molecular complexity index is 519. The van der Waals surface area contributed by atoms with Crippen molar-refractivity contribution in [2.75, 3.05) is 26.2 Å². The summed E-state index contributed by atoms with van der Waals surface area (Å²) in [4.78, 5) is 25.9. The van der Waals surface area contributed by atoms with Crippen molar-refractivity contribution in [3.05, 3.63) is 34.3 Å². The van der Waals surface area contributed by atoms with Crippen molar-refractivity contribution in [1.29, 1.82) is 0 Å². The predicted octanol–water partition coefficient (Wildman–Crippen LogP) is 2.69. The van der Waals surface area contributed by atoms with Crippen LogP contribution in [0.25, 0.3) is 0 Å². The topological polar surface area (TPSA) is 61.4 Å². The smallest absolute Gasteiger partial charge is 0.220 e. The van der Waals surface area contributed by atoms with Gasteiger partial charge in [-0.25, -0.2) is 0 Å². The van der Waals surface area contributed by atoms with E-state index in [9.17, 15) is 9.59 Å². The molecule has 0 atom stereocenters. The number of nitrogens with one attached hydrogen (secondary N) is 2. The van der Waals surface area contributed by atoms with E-state index in [1.165, 1.54) is 0 Å². The molecule has 0 unspecified atom stereocenters. The Morgan fingerprint density at radius 2 is 1.75 bits per heavy atom. The number of rotatable bonds is 11. The van der Waals surface area contributed by atoms with Crippen molar-refractivity contribution < 1.29 is 9.59 Å². The van der Waals surface area contributed by atoms with Crippen molar-refractivity contribution in [3.8, 4) is 0 Å². The predicted molar refractivity (Wildman–Crippen MR) is 101 cm³/mol. The fourth-order valence-corrected chi connectivity index (χ4v) is 2.77. The maximum absolute atomic E-state index is 11.8. The Balaban J connectivity index is 2.12. The second kappa shape index (κ2) is 12.0. The number of carbonyl (C=O) groups is 2. The van der Waals surface area contributed by atoms with Gasteiger partial charge in [-0.2, -0.15) is 0 Å². The molecule has 1 rings (SSSR count). The second-order valence-corrected chi connectivity index (χ2v) is 6.55. The number of hydrogen-bond donors (Lipinski definition) is 2. The standard InChI is InChI=1S/C18H28BrN3O2/c1-3-22(4-2)12-6-11-20-17(23)9-10-18(24)21-14-15-7-5-8-16(19)13-15/h5,7-8,13H,3-4,6,9-12,14H2,1-2H3,(H,20,23)(H,21,24). The summed E-state index contributed by atoms with van der Waals surface area (Å²) in [5.74, 6) is -0.166. The van der Waals surface area contributed by atoms with E-state index in [1.807, 2.05) is 24.3 Å². The van der Waals surface area contributed by atoms with Gasteiger partial charge in [0.25, 0.3) is 0 Å².